The number of nitrogens with zero attached hydrogens (tertiary/aromatic N) is 2. The molecule has 1 aliphatic heterocycles. The van der Waals surface area contributed by atoms with E-state index in [2.05, 4.69) is 66.0 Å². The number of anilines is 1. The van der Waals surface area contributed by atoms with Gasteiger partial charge in [-0.2, -0.15) is 0 Å². The average Bonchev–Trinajstić information content (AvgIpc) is 3.34. The number of thiophene rings is 1. The van der Waals surface area contributed by atoms with Crippen LogP contribution in [0.3, 0.4) is 0 Å². The van der Waals surface area contributed by atoms with Gasteiger partial charge in [0.1, 0.15) is 11.5 Å². The van der Waals surface area contributed by atoms with E-state index >= 15 is 0 Å². The van der Waals surface area contributed by atoms with Gasteiger partial charge in [-0.15, -0.1) is 35.3 Å². The van der Waals surface area contributed by atoms with Crippen molar-refractivity contribution in [3.8, 4) is 11.5 Å². The summed E-state index contributed by atoms with van der Waals surface area (Å²) in [6.45, 7) is 10.2. The fraction of sp³-hybridized carbons (Fsp3) is 0.542. The average molecular weight is 573 g/mol. The smallest absolute Gasteiger partial charge is 0.191 e. The van der Waals surface area contributed by atoms with E-state index in [9.17, 15) is 0 Å². The number of methoxy groups -OCH3 is 2. The van der Waals surface area contributed by atoms with Crippen LogP contribution in [0, 0.1) is 0 Å². The molecule has 0 unspecified atom stereocenters. The lowest BCUT2D eigenvalue weighted by Gasteiger charge is -2.35. The van der Waals surface area contributed by atoms with Crippen LogP contribution in [0.2, 0.25) is 0 Å². The number of guanidine groups is 1. The van der Waals surface area contributed by atoms with Crippen LogP contribution < -0.4 is 25.0 Å². The molecule has 1 aromatic carbocycles. The van der Waals surface area contributed by atoms with Crippen LogP contribution >= 0.6 is 35.3 Å². The molecule has 2 N–H and O–H groups in total. The second-order valence-electron chi connectivity index (χ2n) is 8.53. The molecule has 0 spiro atoms. The number of hydrogen-bond acceptors (Lipinski definition) is 5. The Kier molecular flexibility index (Phi) is 10.4. The normalized spacial score (nSPS) is 15.2. The zero-order valence-corrected chi connectivity index (χ0v) is 23.0. The highest BCUT2D eigenvalue weighted by Crippen LogP contribution is 2.30. The summed E-state index contributed by atoms with van der Waals surface area (Å²) in [6, 6.07) is 10.8. The predicted octanol–water partition coefficient (Wildman–Crippen LogP) is 4.89. The third-order valence-electron chi connectivity index (χ3n) is 5.70. The third kappa shape index (κ3) is 7.16. The SMILES string of the molecule is CCNC(=NCC(C)(C)c1cccs1)NC1CCN(c2cc(OC)cc(OC)c2)CC1.I. The van der Waals surface area contributed by atoms with Crippen LogP contribution in [0.1, 0.15) is 38.5 Å². The summed E-state index contributed by atoms with van der Waals surface area (Å²) < 4.78 is 10.9. The van der Waals surface area contributed by atoms with Gasteiger partial charge in [-0.1, -0.05) is 19.9 Å². The van der Waals surface area contributed by atoms with Crippen LogP contribution in [0.4, 0.5) is 5.69 Å². The van der Waals surface area contributed by atoms with Crippen molar-refractivity contribution in [2.24, 2.45) is 4.99 Å². The van der Waals surface area contributed by atoms with Crippen molar-refractivity contribution in [2.75, 3.05) is 45.3 Å². The Hall–Kier alpha value is -1.68. The first-order valence-corrected chi connectivity index (χ1v) is 11.9. The molecule has 0 aliphatic carbocycles. The quantitative estimate of drug-likeness (QED) is 0.268. The standard InChI is InChI=1S/C24H36N4O2S.HI/c1-6-25-23(26-17-24(2,3)22-8-7-13-31-22)27-18-9-11-28(12-10-18)19-14-20(29-4)16-21(15-19)30-5;/h7-8,13-16,18H,6,9-12,17H2,1-5H3,(H2,25,26,27);1H. The molecular formula is C24H37IN4O2S. The third-order valence-corrected chi connectivity index (χ3v) is 6.94. The molecule has 2 heterocycles. The molecule has 0 amide bonds. The van der Waals surface area contributed by atoms with Crippen molar-refractivity contribution < 1.29 is 9.47 Å². The summed E-state index contributed by atoms with van der Waals surface area (Å²) in [6.07, 6.45) is 2.11. The molecule has 1 fully saturated rings. The van der Waals surface area contributed by atoms with Gasteiger partial charge in [0.15, 0.2) is 5.96 Å². The highest BCUT2D eigenvalue weighted by atomic mass is 127. The Labute approximate surface area is 213 Å². The molecule has 1 saturated heterocycles. The molecular weight excluding hydrogens is 535 g/mol. The maximum absolute atomic E-state index is 5.43. The summed E-state index contributed by atoms with van der Waals surface area (Å²) in [4.78, 5) is 8.68. The van der Waals surface area contributed by atoms with Crippen molar-refractivity contribution in [2.45, 2.75) is 45.1 Å². The second kappa shape index (κ2) is 12.5. The highest BCUT2D eigenvalue weighted by Gasteiger charge is 2.23. The fourth-order valence-electron chi connectivity index (χ4n) is 3.79. The number of halogens is 1. The van der Waals surface area contributed by atoms with Crippen molar-refractivity contribution >= 4 is 47.0 Å². The summed E-state index contributed by atoms with van der Waals surface area (Å²) >= 11 is 1.80. The van der Waals surface area contributed by atoms with Gasteiger partial charge in [0, 0.05) is 59.9 Å². The number of rotatable bonds is 8. The lowest BCUT2D eigenvalue weighted by molar-refractivity contribution is 0.393. The first-order chi connectivity index (χ1) is 14.9. The van der Waals surface area contributed by atoms with Crippen LogP contribution in [-0.4, -0.2) is 52.4 Å². The Morgan fingerprint density at radius 3 is 2.34 bits per heavy atom. The molecule has 3 rings (SSSR count). The molecule has 1 aromatic heterocycles. The van der Waals surface area contributed by atoms with E-state index in [1.165, 1.54) is 4.88 Å². The Morgan fingerprint density at radius 1 is 1.16 bits per heavy atom. The van der Waals surface area contributed by atoms with Gasteiger partial charge >= 0.3 is 0 Å². The fourth-order valence-corrected chi connectivity index (χ4v) is 4.63. The molecule has 32 heavy (non-hydrogen) atoms. The molecule has 6 nitrogen and oxygen atoms in total. The topological polar surface area (TPSA) is 58.1 Å². The predicted molar refractivity (Wildman–Crippen MR) is 147 cm³/mol. The number of ether oxygens (including phenoxy) is 2. The van der Waals surface area contributed by atoms with Crippen molar-refractivity contribution in [1.29, 1.82) is 0 Å². The number of nitrogens with one attached hydrogen (secondary N) is 2. The first-order valence-electron chi connectivity index (χ1n) is 11.0. The molecule has 0 radical (unpaired) electrons. The van der Waals surface area contributed by atoms with Crippen molar-refractivity contribution in [1.82, 2.24) is 10.6 Å². The lowest BCUT2D eigenvalue weighted by Crippen LogP contribution is -2.49. The number of piperidine rings is 1. The lowest BCUT2D eigenvalue weighted by atomic mass is 9.92. The van der Waals surface area contributed by atoms with Crippen molar-refractivity contribution in [3.05, 3.63) is 40.6 Å². The first kappa shape index (κ1) is 26.6. The largest absolute Gasteiger partial charge is 0.497 e. The van der Waals surface area contributed by atoms with Gasteiger partial charge in [0.25, 0.3) is 0 Å². The van der Waals surface area contributed by atoms with E-state index in [0.29, 0.717) is 6.04 Å². The van der Waals surface area contributed by atoms with Gasteiger partial charge in [-0.25, -0.2) is 0 Å². The van der Waals surface area contributed by atoms with E-state index in [4.69, 9.17) is 14.5 Å². The van der Waals surface area contributed by atoms with E-state index in [1.807, 2.05) is 6.07 Å². The number of hydrogen-bond donors (Lipinski definition) is 2. The Balaban J connectivity index is 0.00000363. The molecule has 0 saturated carbocycles. The van der Waals surface area contributed by atoms with Crippen LogP contribution in [-0.2, 0) is 5.41 Å². The molecule has 0 atom stereocenters. The Bertz CT molecular complexity index is 827. The van der Waals surface area contributed by atoms with Gasteiger partial charge in [0.2, 0.25) is 0 Å². The van der Waals surface area contributed by atoms with Crippen molar-refractivity contribution in [3.63, 3.8) is 0 Å². The van der Waals surface area contributed by atoms with Gasteiger partial charge in [-0.3, -0.25) is 4.99 Å². The summed E-state index contributed by atoms with van der Waals surface area (Å²) in [7, 11) is 3.38. The minimum Gasteiger partial charge on any atom is -0.497 e. The molecule has 8 heteroatoms. The van der Waals surface area contributed by atoms with E-state index in [1.54, 1.807) is 25.6 Å². The second-order valence-corrected chi connectivity index (χ2v) is 9.48. The maximum atomic E-state index is 5.43. The summed E-state index contributed by atoms with van der Waals surface area (Å²) in [5, 5.41) is 9.21. The molecule has 2 aromatic rings. The Morgan fingerprint density at radius 2 is 1.81 bits per heavy atom. The maximum Gasteiger partial charge on any atom is 0.191 e. The van der Waals surface area contributed by atoms with Crippen LogP contribution in [0.25, 0.3) is 0 Å². The van der Waals surface area contributed by atoms with Gasteiger partial charge in [-0.05, 0) is 31.2 Å². The minimum atomic E-state index is 0. The summed E-state index contributed by atoms with van der Waals surface area (Å²) in [5.41, 5.74) is 1.18. The summed E-state index contributed by atoms with van der Waals surface area (Å²) in [5.74, 6) is 2.56. The minimum absolute atomic E-state index is 0. The van der Waals surface area contributed by atoms with Gasteiger partial charge in [0.05, 0.1) is 20.8 Å². The van der Waals surface area contributed by atoms with E-state index < -0.39 is 0 Å². The van der Waals surface area contributed by atoms with Gasteiger partial charge < -0.3 is 25.0 Å². The zero-order chi connectivity index (χ0) is 22.3. The monoisotopic (exact) mass is 572 g/mol. The van der Waals surface area contributed by atoms with E-state index in [0.717, 1.165) is 62.2 Å². The van der Waals surface area contributed by atoms with Crippen LogP contribution in [0.15, 0.2) is 40.7 Å². The molecule has 1 aliphatic rings. The molecule has 0 bridgehead atoms. The molecule has 178 valence electrons. The van der Waals surface area contributed by atoms with E-state index in [-0.39, 0.29) is 29.4 Å². The number of benzene rings is 1. The number of aliphatic imine (C=N–C) groups is 1. The highest BCUT2D eigenvalue weighted by molar-refractivity contribution is 14.0. The zero-order valence-electron chi connectivity index (χ0n) is 19.8. The van der Waals surface area contributed by atoms with Crippen LogP contribution in [0.5, 0.6) is 11.5 Å².